The average Bonchev–Trinajstić information content (AvgIpc) is 3.03. The Balaban J connectivity index is 1.65. The number of nitrogens with zero attached hydrogens (tertiary/aromatic N) is 2. The van der Waals surface area contributed by atoms with Crippen LogP contribution in [0.3, 0.4) is 0 Å². The Morgan fingerprint density at radius 3 is 2.23 bits per heavy atom. The van der Waals surface area contributed by atoms with Crippen molar-refractivity contribution >= 4 is 11.9 Å². The molecule has 6 heteroatoms. The van der Waals surface area contributed by atoms with E-state index in [1.807, 2.05) is 0 Å². The number of hydrogen-bond donors (Lipinski definition) is 1. The van der Waals surface area contributed by atoms with Crippen molar-refractivity contribution in [1.29, 1.82) is 0 Å². The summed E-state index contributed by atoms with van der Waals surface area (Å²) in [5.41, 5.74) is 0.778. The fraction of sp³-hybridized carbons (Fsp3) is 0.600. The molecule has 1 N–H and O–H groups in total. The summed E-state index contributed by atoms with van der Waals surface area (Å²) in [4.78, 5) is 28.3. The summed E-state index contributed by atoms with van der Waals surface area (Å²) in [5, 5.41) is 9.57. The molecule has 0 unspecified atom stereocenters. The van der Waals surface area contributed by atoms with Gasteiger partial charge in [0.25, 0.3) is 0 Å². The van der Waals surface area contributed by atoms with Crippen molar-refractivity contribution < 1.29 is 19.1 Å². The third kappa shape index (κ3) is 4.61. The lowest BCUT2D eigenvalue weighted by molar-refractivity contribution is -0.141. The van der Waals surface area contributed by atoms with Crippen molar-refractivity contribution in [2.75, 3.05) is 32.7 Å². The second-order valence-corrected chi connectivity index (χ2v) is 7.45. The van der Waals surface area contributed by atoms with Gasteiger partial charge in [0, 0.05) is 19.0 Å². The van der Waals surface area contributed by atoms with Crippen LogP contribution in [0.15, 0.2) is 24.3 Å². The molecule has 2 heterocycles. The number of carbonyl (C=O) groups excluding carboxylic acids is 1. The number of amides is 1. The molecule has 2 atom stereocenters. The van der Waals surface area contributed by atoms with Crippen LogP contribution in [0.2, 0.25) is 0 Å². The zero-order valence-corrected chi connectivity index (χ0v) is 15.1. The van der Waals surface area contributed by atoms with E-state index in [1.54, 1.807) is 17.0 Å². The van der Waals surface area contributed by atoms with Gasteiger partial charge in [-0.2, -0.15) is 0 Å². The van der Waals surface area contributed by atoms with Gasteiger partial charge in [-0.15, -0.1) is 0 Å². The number of halogens is 1. The van der Waals surface area contributed by atoms with Crippen LogP contribution < -0.4 is 0 Å². The molecule has 26 heavy (non-hydrogen) atoms. The normalized spacial score (nSPS) is 24.9. The topological polar surface area (TPSA) is 60.9 Å². The average molecular weight is 362 g/mol. The number of rotatable bonds is 4. The van der Waals surface area contributed by atoms with E-state index in [1.165, 1.54) is 31.4 Å². The number of likely N-dealkylation sites (tertiary alicyclic amines) is 2. The van der Waals surface area contributed by atoms with Crippen LogP contribution in [0.1, 0.15) is 43.6 Å². The fourth-order valence-electron chi connectivity index (χ4n) is 4.07. The molecule has 0 bridgehead atoms. The highest BCUT2D eigenvalue weighted by Crippen LogP contribution is 2.33. The van der Waals surface area contributed by atoms with E-state index in [-0.39, 0.29) is 24.2 Å². The summed E-state index contributed by atoms with van der Waals surface area (Å²) in [6.07, 6.45) is 5.92. The summed E-state index contributed by atoms with van der Waals surface area (Å²) in [6.45, 7) is 2.84. The van der Waals surface area contributed by atoms with Gasteiger partial charge >= 0.3 is 5.97 Å². The summed E-state index contributed by atoms with van der Waals surface area (Å²) in [6, 6.07) is 5.95. The quantitative estimate of drug-likeness (QED) is 0.895. The second kappa shape index (κ2) is 8.62. The van der Waals surface area contributed by atoms with Gasteiger partial charge in [-0.25, -0.2) is 4.39 Å². The van der Waals surface area contributed by atoms with Gasteiger partial charge in [-0.1, -0.05) is 31.4 Å². The van der Waals surface area contributed by atoms with Crippen LogP contribution in [0, 0.1) is 11.7 Å². The first kappa shape index (κ1) is 18.8. The van der Waals surface area contributed by atoms with Crippen molar-refractivity contribution in [2.45, 2.75) is 38.0 Å². The zero-order valence-electron chi connectivity index (χ0n) is 15.1. The van der Waals surface area contributed by atoms with E-state index in [9.17, 15) is 19.1 Å². The van der Waals surface area contributed by atoms with Gasteiger partial charge in [0.05, 0.1) is 12.5 Å². The first-order valence-corrected chi connectivity index (χ1v) is 9.53. The molecule has 0 saturated carbocycles. The van der Waals surface area contributed by atoms with E-state index in [4.69, 9.17) is 0 Å². The van der Waals surface area contributed by atoms with Crippen molar-refractivity contribution in [2.24, 2.45) is 5.92 Å². The highest BCUT2D eigenvalue weighted by atomic mass is 19.1. The summed E-state index contributed by atoms with van der Waals surface area (Å²) in [5.74, 6) is -2.17. The number of carboxylic acids is 1. The van der Waals surface area contributed by atoms with Gasteiger partial charge in [0.1, 0.15) is 5.82 Å². The molecule has 3 rings (SSSR count). The molecule has 2 aliphatic heterocycles. The van der Waals surface area contributed by atoms with E-state index in [0.717, 1.165) is 31.5 Å². The minimum atomic E-state index is -0.902. The SMILES string of the molecule is O=C(O)[C@@H]1CN(C(=O)CN2CCCCCCC2)C[C@H]1c1ccc(F)cc1. The highest BCUT2D eigenvalue weighted by molar-refractivity contribution is 5.81. The van der Waals surface area contributed by atoms with E-state index in [2.05, 4.69) is 4.90 Å². The third-order valence-corrected chi connectivity index (χ3v) is 5.60. The molecule has 2 saturated heterocycles. The number of hydrogen-bond acceptors (Lipinski definition) is 3. The van der Waals surface area contributed by atoms with Crippen LogP contribution in [-0.2, 0) is 9.59 Å². The van der Waals surface area contributed by atoms with Crippen molar-refractivity contribution in [3.63, 3.8) is 0 Å². The standard InChI is InChI=1S/C20H27FN2O3/c21-16-8-6-15(7-9-16)17-12-23(13-18(17)20(25)26)19(24)14-22-10-4-2-1-3-5-11-22/h6-9,17-18H,1-5,10-14H2,(H,25,26)/t17-,18+/m0/s1. The molecule has 0 aromatic heterocycles. The molecule has 2 aliphatic rings. The molecule has 0 radical (unpaired) electrons. The minimum Gasteiger partial charge on any atom is -0.481 e. The molecule has 5 nitrogen and oxygen atoms in total. The number of benzene rings is 1. The van der Waals surface area contributed by atoms with Crippen molar-refractivity contribution in [1.82, 2.24) is 9.80 Å². The van der Waals surface area contributed by atoms with Crippen LogP contribution in [0.4, 0.5) is 4.39 Å². The molecule has 1 aromatic carbocycles. The molecule has 1 aromatic rings. The van der Waals surface area contributed by atoms with Gasteiger partial charge in [0.2, 0.25) is 5.91 Å². The minimum absolute atomic E-state index is 0.00133. The van der Waals surface area contributed by atoms with Gasteiger partial charge < -0.3 is 10.0 Å². The Kier molecular flexibility index (Phi) is 6.25. The largest absolute Gasteiger partial charge is 0.481 e. The van der Waals surface area contributed by atoms with Crippen LogP contribution in [0.5, 0.6) is 0 Å². The lowest BCUT2D eigenvalue weighted by atomic mass is 9.89. The van der Waals surface area contributed by atoms with Crippen LogP contribution >= 0.6 is 0 Å². The van der Waals surface area contributed by atoms with E-state index < -0.39 is 11.9 Å². The molecule has 0 aliphatic carbocycles. The fourth-order valence-corrected chi connectivity index (χ4v) is 4.07. The van der Waals surface area contributed by atoms with Crippen molar-refractivity contribution in [3.8, 4) is 0 Å². The zero-order chi connectivity index (χ0) is 18.5. The Labute approximate surface area is 153 Å². The Morgan fingerprint density at radius 1 is 1.00 bits per heavy atom. The van der Waals surface area contributed by atoms with E-state index in [0.29, 0.717) is 13.1 Å². The molecule has 2 fully saturated rings. The smallest absolute Gasteiger partial charge is 0.308 e. The van der Waals surface area contributed by atoms with E-state index >= 15 is 0 Å². The number of carboxylic acid groups (broad SMARTS) is 1. The Bertz CT molecular complexity index is 626. The summed E-state index contributed by atoms with van der Waals surface area (Å²) < 4.78 is 13.2. The molecule has 142 valence electrons. The Hall–Kier alpha value is -1.95. The predicted octanol–water partition coefficient (Wildman–Crippen LogP) is 2.72. The van der Waals surface area contributed by atoms with Gasteiger partial charge in [0.15, 0.2) is 0 Å². The first-order valence-electron chi connectivity index (χ1n) is 9.53. The van der Waals surface area contributed by atoms with Crippen molar-refractivity contribution in [3.05, 3.63) is 35.6 Å². The third-order valence-electron chi connectivity index (χ3n) is 5.60. The molecule has 1 amide bonds. The summed E-state index contributed by atoms with van der Waals surface area (Å²) >= 11 is 0. The predicted molar refractivity (Wildman–Crippen MR) is 96.4 cm³/mol. The second-order valence-electron chi connectivity index (χ2n) is 7.45. The maximum Gasteiger partial charge on any atom is 0.308 e. The lowest BCUT2D eigenvalue weighted by Gasteiger charge is -2.26. The van der Waals surface area contributed by atoms with Gasteiger partial charge in [-0.3, -0.25) is 14.5 Å². The van der Waals surface area contributed by atoms with Gasteiger partial charge in [-0.05, 0) is 43.6 Å². The highest BCUT2D eigenvalue weighted by Gasteiger charge is 2.40. The molecular formula is C20H27FN2O3. The summed E-state index contributed by atoms with van der Waals surface area (Å²) in [7, 11) is 0. The molecule has 0 spiro atoms. The molecular weight excluding hydrogens is 335 g/mol. The number of aliphatic carboxylic acids is 1. The van der Waals surface area contributed by atoms with Crippen LogP contribution in [0.25, 0.3) is 0 Å². The monoisotopic (exact) mass is 362 g/mol. The Morgan fingerprint density at radius 2 is 1.62 bits per heavy atom. The first-order chi connectivity index (χ1) is 12.5. The maximum atomic E-state index is 13.2. The van der Waals surface area contributed by atoms with Crippen LogP contribution in [-0.4, -0.2) is 59.5 Å². The lowest BCUT2D eigenvalue weighted by Crippen LogP contribution is -2.40. The maximum absolute atomic E-state index is 13.2. The number of carbonyl (C=O) groups is 2.